The van der Waals surface area contributed by atoms with Crippen LogP contribution in [0.5, 0.6) is 5.75 Å². The highest BCUT2D eigenvalue weighted by atomic mass is 16.5. The number of amides is 1. The summed E-state index contributed by atoms with van der Waals surface area (Å²) in [6, 6.07) is 18.9. The van der Waals surface area contributed by atoms with Gasteiger partial charge in [-0.3, -0.25) is 9.78 Å². The molecule has 0 unspecified atom stereocenters. The molecule has 0 aliphatic heterocycles. The van der Waals surface area contributed by atoms with Gasteiger partial charge < -0.3 is 15.4 Å². The Bertz CT molecular complexity index is 909. The summed E-state index contributed by atoms with van der Waals surface area (Å²) in [6.07, 6.45) is 2.46. The molecule has 3 rings (SSSR count). The molecule has 2 N–H and O–H groups in total. The van der Waals surface area contributed by atoms with E-state index in [-0.39, 0.29) is 5.91 Å². The minimum Gasteiger partial charge on any atom is -0.497 e. The van der Waals surface area contributed by atoms with E-state index < -0.39 is 0 Å². The van der Waals surface area contributed by atoms with Crippen molar-refractivity contribution in [2.24, 2.45) is 0 Å². The lowest BCUT2D eigenvalue weighted by molar-refractivity contribution is 0.102. The standard InChI is InChI=1S/C21H21N3O2/c1-3-15-7-4-5-10-19(15)24-21(25)20-14-17(11-12-22-20)23-16-8-6-9-18(13-16)26-2/h4-14H,3H2,1-2H3,(H,22,23)(H,24,25). The molecule has 0 aliphatic carbocycles. The van der Waals surface area contributed by atoms with Crippen LogP contribution in [0.25, 0.3) is 0 Å². The Balaban J connectivity index is 1.77. The second-order valence-corrected chi connectivity index (χ2v) is 5.75. The van der Waals surface area contributed by atoms with Crippen LogP contribution in [-0.2, 0) is 6.42 Å². The van der Waals surface area contributed by atoms with Crippen molar-refractivity contribution in [2.75, 3.05) is 17.7 Å². The number of anilines is 3. The van der Waals surface area contributed by atoms with Gasteiger partial charge >= 0.3 is 0 Å². The highest BCUT2D eigenvalue weighted by Crippen LogP contribution is 2.22. The third kappa shape index (κ3) is 4.19. The van der Waals surface area contributed by atoms with Crippen LogP contribution in [0.2, 0.25) is 0 Å². The number of methoxy groups -OCH3 is 1. The third-order valence-electron chi connectivity index (χ3n) is 4.00. The molecule has 26 heavy (non-hydrogen) atoms. The Morgan fingerprint density at radius 1 is 1.04 bits per heavy atom. The molecule has 0 saturated heterocycles. The van der Waals surface area contributed by atoms with Gasteiger partial charge in [0.05, 0.1) is 7.11 Å². The highest BCUT2D eigenvalue weighted by molar-refractivity contribution is 6.03. The Kier molecular flexibility index (Phi) is 5.49. The lowest BCUT2D eigenvalue weighted by Crippen LogP contribution is -2.15. The molecule has 1 aromatic heterocycles. The summed E-state index contributed by atoms with van der Waals surface area (Å²) in [5.41, 5.74) is 3.91. The Morgan fingerprint density at radius 2 is 1.85 bits per heavy atom. The number of aryl methyl sites for hydroxylation is 1. The number of rotatable bonds is 6. The van der Waals surface area contributed by atoms with Crippen LogP contribution in [0.1, 0.15) is 23.0 Å². The maximum Gasteiger partial charge on any atom is 0.274 e. The van der Waals surface area contributed by atoms with Crippen LogP contribution in [0, 0.1) is 0 Å². The molecular weight excluding hydrogens is 326 g/mol. The van der Waals surface area contributed by atoms with E-state index >= 15 is 0 Å². The first-order valence-electron chi connectivity index (χ1n) is 8.46. The molecule has 1 heterocycles. The summed E-state index contributed by atoms with van der Waals surface area (Å²) in [5.74, 6) is 0.526. The monoisotopic (exact) mass is 347 g/mol. The molecule has 0 saturated carbocycles. The van der Waals surface area contributed by atoms with Crippen molar-refractivity contribution in [2.45, 2.75) is 13.3 Å². The largest absolute Gasteiger partial charge is 0.497 e. The second-order valence-electron chi connectivity index (χ2n) is 5.75. The zero-order chi connectivity index (χ0) is 18.4. The molecule has 5 heteroatoms. The van der Waals surface area contributed by atoms with Gasteiger partial charge in [0.1, 0.15) is 11.4 Å². The molecule has 0 spiro atoms. The molecule has 132 valence electrons. The van der Waals surface area contributed by atoms with E-state index in [1.165, 1.54) is 0 Å². The lowest BCUT2D eigenvalue weighted by Gasteiger charge is -2.11. The number of nitrogens with zero attached hydrogens (tertiary/aromatic N) is 1. The summed E-state index contributed by atoms with van der Waals surface area (Å²) in [4.78, 5) is 16.8. The van der Waals surface area contributed by atoms with Crippen molar-refractivity contribution >= 4 is 23.0 Å². The summed E-state index contributed by atoms with van der Waals surface area (Å²) in [5, 5.41) is 6.20. The van der Waals surface area contributed by atoms with Gasteiger partial charge in [0, 0.05) is 29.3 Å². The summed E-state index contributed by atoms with van der Waals surface area (Å²) >= 11 is 0. The van der Waals surface area contributed by atoms with Crippen molar-refractivity contribution in [3.8, 4) is 5.75 Å². The molecule has 3 aromatic rings. The first kappa shape index (κ1) is 17.5. The van der Waals surface area contributed by atoms with Crippen molar-refractivity contribution in [3.63, 3.8) is 0 Å². The van der Waals surface area contributed by atoms with Crippen LogP contribution < -0.4 is 15.4 Å². The number of aromatic nitrogens is 1. The van der Waals surface area contributed by atoms with Crippen molar-refractivity contribution in [1.82, 2.24) is 4.98 Å². The van der Waals surface area contributed by atoms with Crippen LogP contribution in [0.4, 0.5) is 17.1 Å². The van der Waals surface area contributed by atoms with Gasteiger partial charge in [-0.2, -0.15) is 0 Å². The fraction of sp³-hybridized carbons (Fsp3) is 0.143. The Morgan fingerprint density at radius 3 is 2.65 bits per heavy atom. The van der Waals surface area contributed by atoms with Gasteiger partial charge in [0.25, 0.3) is 5.91 Å². The minimum absolute atomic E-state index is 0.236. The topological polar surface area (TPSA) is 63.2 Å². The van der Waals surface area contributed by atoms with E-state index in [9.17, 15) is 4.79 Å². The van der Waals surface area contributed by atoms with E-state index in [0.29, 0.717) is 5.69 Å². The number of benzene rings is 2. The minimum atomic E-state index is -0.236. The number of hydrogen-bond acceptors (Lipinski definition) is 4. The fourth-order valence-corrected chi connectivity index (χ4v) is 2.64. The van der Waals surface area contributed by atoms with Crippen molar-refractivity contribution in [1.29, 1.82) is 0 Å². The van der Waals surface area contributed by atoms with E-state index in [1.807, 2.05) is 54.6 Å². The van der Waals surface area contributed by atoms with Crippen LogP contribution in [-0.4, -0.2) is 18.0 Å². The molecular formula is C21H21N3O2. The average molecular weight is 347 g/mol. The fourth-order valence-electron chi connectivity index (χ4n) is 2.64. The normalized spacial score (nSPS) is 10.2. The molecule has 2 aromatic carbocycles. The average Bonchev–Trinajstić information content (AvgIpc) is 2.68. The van der Waals surface area contributed by atoms with Gasteiger partial charge in [-0.1, -0.05) is 31.2 Å². The molecule has 0 atom stereocenters. The lowest BCUT2D eigenvalue weighted by atomic mass is 10.1. The number of carbonyl (C=O) groups is 1. The van der Waals surface area contributed by atoms with Gasteiger partial charge in [0.2, 0.25) is 0 Å². The van der Waals surface area contributed by atoms with E-state index in [2.05, 4.69) is 22.5 Å². The SMILES string of the molecule is CCc1ccccc1NC(=O)c1cc(Nc2cccc(OC)c2)ccn1. The molecule has 1 amide bonds. The number of hydrogen-bond donors (Lipinski definition) is 2. The number of para-hydroxylation sites is 1. The highest BCUT2D eigenvalue weighted by Gasteiger charge is 2.10. The number of nitrogens with one attached hydrogen (secondary N) is 2. The molecule has 0 fully saturated rings. The van der Waals surface area contributed by atoms with Crippen molar-refractivity contribution < 1.29 is 9.53 Å². The van der Waals surface area contributed by atoms with E-state index in [0.717, 1.165) is 34.8 Å². The predicted molar refractivity (Wildman–Crippen MR) is 104 cm³/mol. The summed E-state index contributed by atoms with van der Waals surface area (Å²) < 4.78 is 5.23. The van der Waals surface area contributed by atoms with Crippen molar-refractivity contribution in [3.05, 3.63) is 78.1 Å². The Hall–Kier alpha value is -3.34. The number of pyridine rings is 1. The zero-order valence-electron chi connectivity index (χ0n) is 14.8. The maximum absolute atomic E-state index is 12.6. The van der Waals surface area contributed by atoms with Crippen LogP contribution in [0.15, 0.2) is 66.9 Å². The Labute approximate surface area is 153 Å². The third-order valence-corrected chi connectivity index (χ3v) is 4.00. The van der Waals surface area contributed by atoms with Crippen LogP contribution >= 0.6 is 0 Å². The second kappa shape index (κ2) is 8.16. The summed E-state index contributed by atoms with van der Waals surface area (Å²) in [6.45, 7) is 2.06. The molecule has 5 nitrogen and oxygen atoms in total. The first-order chi connectivity index (χ1) is 12.7. The van der Waals surface area contributed by atoms with Crippen LogP contribution in [0.3, 0.4) is 0 Å². The maximum atomic E-state index is 12.6. The first-order valence-corrected chi connectivity index (χ1v) is 8.46. The van der Waals surface area contributed by atoms with E-state index in [1.54, 1.807) is 19.4 Å². The van der Waals surface area contributed by atoms with Gasteiger partial charge in [-0.05, 0) is 42.3 Å². The molecule has 0 aliphatic rings. The van der Waals surface area contributed by atoms with Gasteiger partial charge in [-0.15, -0.1) is 0 Å². The van der Waals surface area contributed by atoms with Gasteiger partial charge in [-0.25, -0.2) is 0 Å². The number of ether oxygens (including phenoxy) is 1. The predicted octanol–water partition coefficient (Wildman–Crippen LogP) is 4.65. The zero-order valence-corrected chi connectivity index (χ0v) is 14.8. The van der Waals surface area contributed by atoms with E-state index in [4.69, 9.17) is 4.74 Å². The summed E-state index contributed by atoms with van der Waals surface area (Å²) in [7, 11) is 1.63. The number of carbonyl (C=O) groups excluding carboxylic acids is 1. The quantitative estimate of drug-likeness (QED) is 0.681. The molecule has 0 bridgehead atoms. The van der Waals surface area contributed by atoms with Gasteiger partial charge in [0.15, 0.2) is 0 Å². The smallest absolute Gasteiger partial charge is 0.274 e. The molecule has 0 radical (unpaired) electrons.